The normalized spacial score (nSPS) is 10.4. The number of anilines is 1. The monoisotopic (exact) mass is 304 g/mol. The Bertz CT molecular complexity index is 660. The van der Waals surface area contributed by atoms with E-state index in [1.165, 1.54) is 0 Å². The molecule has 2 aromatic rings. The zero-order valence-corrected chi connectivity index (χ0v) is 12.8. The van der Waals surface area contributed by atoms with Crippen LogP contribution in [-0.2, 0) is 6.54 Å². The first-order chi connectivity index (χ1) is 10.0. The fourth-order valence-electron chi connectivity index (χ4n) is 1.97. The summed E-state index contributed by atoms with van der Waals surface area (Å²) in [7, 11) is 0. The number of hydrogen-bond acceptors (Lipinski definition) is 4. The predicted octanol–water partition coefficient (Wildman–Crippen LogP) is 2.68. The maximum atomic E-state index is 12.5. The zero-order valence-electron chi connectivity index (χ0n) is 12.0. The number of hydrogen-bond donors (Lipinski definition) is 1. The summed E-state index contributed by atoms with van der Waals surface area (Å²) < 4.78 is 0. The summed E-state index contributed by atoms with van der Waals surface area (Å²) in [6, 6.07) is 8.87. The van der Waals surface area contributed by atoms with E-state index in [2.05, 4.69) is 9.97 Å². The number of nitrogens with zero attached hydrogens (tertiary/aromatic N) is 3. The molecule has 1 amide bonds. The second kappa shape index (κ2) is 6.54. The molecule has 0 radical (unpaired) electrons. The number of carbonyl (C=O) groups is 1. The van der Waals surface area contributed by atoms with Gasteiger partial charge in [0.15, 0.2) is 0 Å². The Morgan fingerprint density at radius 2 is 2.05 bits per heavy atom. The highest BCUT2D eigenvalue weighted by molar-refractivity contribution is 6.33. The van der Waals surface area contributed by atoms with Gasteiger partial charge in [-0.3, -0.25) is 9.78 Å². The summed E-state index contributed by atoms with van der Waals surface area (Å²) in [6.07, 6.45) is 0. The second-order valence-electron chi connectivity index (χ2n) is 4.66. The molecular weight excluding hydrogens is 288 g/mol. The molecule has 2 heterocycles. The molecule has 0 bridgehead atoms. The molecule has 0 aliphatic rings. The van der Waals surface area contributed by atoms with Crippen LogP contribution in [0.5, 0.6) is 0 Å². The third kappa shape index (κ3) is 3.70. The van der Waals surface area contributed by atoms with Crippen molar-refractivity contribution in [2.45, 2.75) is 20.4 Å². The first-order valence-corrected chi connectivity index (χ1v) is 7.03. The number of aromatic nitrogens is 2. The number of halogens is 1. The summed E-state index contributed by atoms with van der Waals surface area (Å²) in [6.45, 7) is 4.75. The van der Waals surface area contributed by atoms with Gasteiger partial charge in [-0.1, -0.05) is 17.7 Å². The number of nitrogens with two attached hydrogens (primary N) is 1. The van der Waals surface area contributed by atoms with Gasteiger partial charge < -0.3 is 10.6 Å². The highest BCUT2D eigenvalue weighted by Crippen LogP contribution is 2.18. The Kier molecular flexibility index (Phi) is 4.75. The first-order valence-electron chi connectivity index (χ1n) is 6.65. The standard InChI is InChI=1S/C15H17ClN4O/c1-3-20(9-11-6-4-5-10(2)18-11)15(21)14-12(16)7-8-13(17)19-14/h4-8H,3,9H2,1-2H3,(H2,17,19). The van der Waals surface area contributed by atoms with E-state index in [1.807, 2.05) is 32.0 Å². The number of carbonyl (C=O) groups excluding carboxylic acids is 1. The molecule has 0 aliphatic carbocycles. The maximum Gasteiger partial charge on any atom is 0.274 e. The van der Waals surface area contributed by atoms with Crippen molar-refractivity contribution in [1.82, 2.24) is 14.9 Å². The molecule has 0 saturated carbocycles. The van der Waals surface area contributed by atoms with Gasteiger partial charge in [-0.05, 0) is 38.1 Å². The van der Waals surface area contributed by atoms with Crippen LogP contribution >= 0.6 is 11.6 Å². The predicted molar refractivity (Wildman–Crippen MR) is 83.0 cm³/mol. The molecule has 0 saturated heterocycles. The van der Waals surface area contributed by atoms with E-state index in [9.17, 15) is 4.79 Å². The van der Waals surface area contributed by atoms with E-state index in [0.717, 1.165) is 11.4 Å². The zero-order chi connectivity index (χ0) is 15.4. The number of rotatable bonds is 4. The van der Waals surface area contributed by atoms with Crippen molar-refractivity contribution in [3.05, 3.63) is 52.4 Å². The Balaban J connectivity index is 2.24. The molecule has 110 valence electrons. The Morgan fingerprint density at radius 1 is 1.29 bits per heavy atom. The lowest BCUT2D eigenvalue weighted by molar-refractivity contribution is 0.0745. The smallest absolute Gasteiger partial charge is 0.274 e. The Morgan fingerprint density at radius 3 is 2.71 bits per heavy atom. The van der Waals surface area contributed by atoms with Crippen molar-refractivity contribution >= 4 is 23.3 Å². The highest BCUT2D eigenvalue weighted by Gasteiger charge is 2.19. The van der Waals surface area contributed by atoms with Gasteiger partial charge in [0.1, 0.15) is 11.5 Å². The average Bonchev–Trinajstić information content (AvgIpc) is 2.46. The van der Waals surface area contributed by atoms with E-state index in [1.54, 1.807) is 17.0 Å². The third-order valence-electron chi connectivity index (χ3n) is 3.04. The van der Waals surface area contributed by atoms with Crippen LogP contribution in [0.25, 0.3) is 0 Å². The minimum absolute atomic E-state index is 0.172. The molecule has 5 nitrogen and oxygen atoms in total. The van der Waals surface area contributed by atoms with Crippen molar-refractivity contribution < 1.29 is 4.79 Å². The SMILES string of the molecule is CCN(Cc1cccc(C)n1)C(=O)c1nc(N)ccc1Cl. The van der Waals surface area contributed by atoms with Crippen molar-refractivity contribution in [1.29, 1.82) is 0 Å². The fraction of sp³-hybridized carbons (Fsp3) is 0.267. The van der Waals surface area contributed by atoms with Crippen molar-refractivity contribution in [3.8, 4) is 0 Å². The lowest BCUT2D eigenvalue weighted by atomic mass is 10.2. The van der Waals surface area contributed by atoms with Gasteiger partial charge in [-0.25, -0.2) is 4.98 Å². The van der Waals surface area contributed by atoms with Crippen LogP contribution in [0.4, 0.5) is 5.82 Å². The molecule has 0 spiro atoms. The van der Waals surface area contributed by atoms with Gasteiger partial charge in [0, 0.05) is 12.2 Å². The topological polar surface area (TPSA) is 72.1 Å². The number of pyridine rings is 2. The summed E-state index contributed by atoms with van der Waals surface area (Å²) in [5, 5.41) is 0.296. The molecule has 0 fully saturated rings. The third-order valence-corrected chi connectivity index (χ3v) is 3.34. The summed E-state index contributed by atoms with van der Waals surface area (Å²) in [4.78, 5) is 22.6. The van der Waals surface area contributed by atoms with Gasteiger partial charge >= 0.3 is 0 Å². The molecule has 21 heavy (non-hydrogen) atoms. The minimum Gasteiger partial charge on any atom is -0.384 e. The second-order valence-corrected chi connectivity index (χ2v) is 5.06. The molecule has 2 aromatic heterocycles. The van der Waals surface area contributed by atoms with Crippen LogP contribution in [0.1, 0.15) is 28.8 Å². The van der Waals surface area contributed by atoms with Crippen LogP contribution in [0.3, 0.4) is 0 Å². The first kappa shape index (κ1) is 15.3. The van der Waals surface area contributed by atoms with E-state index in [0.29, 0.717) is 18.1 Å². The van der Waals surface area contributed by atoms with Crippen molar-refractivity contribution in [3.63, 3.8) is 0 Å². The molecule has 2 rings (SSSR count). The van der Waals surface area contributed by atoms with E-state index >= 15 is 0 Å². The molecule has 0 aromatic carbocycles. The van der Waals surface area contributed by atoms with E-state index < -0.39 is 0 Å². The molecule has 2 N–H and O–H groups in total. The van der Waals surface area contributed by atoms with Gasteiger partial charge in [-0.2, -0.15) is 0 Å². The summed E-state index contributed by atoms with van der Waals surface area (Å²) in [5.74, 6) is 0.0191. The summed E-state index contributed by atoms with van der Waals surface area (Å²) in [5.41, 5.74) is 7.54. The van der Waals surface area contributed by atoms with Crippen LogP contribution in [0.15, 0.2) is 30.3 Å². The van der Waals surface area contributed by atoms with Gasteiger partial charge in [-0.15, -0.1) is 0 Å². The highest BCUT2D eigenvalue weighted by atomic mass is 35.5. The molecule has 0 aliphatic heterocycles. The fourth-order valence-corrected chi connectivity index (χ4v) is 2.15. The largest absolute Gasteiger partial charge is 0.384 e. The van der Waals surface area contributed by atoms with Crippen molar-refractivity contribution in [2.75, 3.05) is 12.3 Å². The van der Waals surface area contributed by atoms with Gasteiger partial charge in [0.2, 0.25) is 0 Å². The number of aryl methyl sites for hydroxylation is 1. The van der Waals surface area contributed by atoms with Gasteiger partial charge in [0.05, 0.1) is 17.3 Å². The van der Waals surface area contributed by atoms with E-state index in [-0.39, 0.29) is 17.4 Å². The van der Waals surface area contributed by atoms with Crippen molar-refractivity contribution in [2.24, 2.45) is 0 Å². The van der Waals surface area contributed by atoms with Crippen LogP contribution < -0.4 is 5.73 Å². The maximum absolute atomic E-state index is 12.5. The average molecular weight is 305 g/mol. The minimum atomic E-state index is -0.252. The lowest BCUT2D eigenvalue weighted by Gasteiger charge is -2.20. The molecular formula is C15H17ClN4O. The molecule has 0 atom stereocenters. The molecule has 6 heteroatoms. The van der Waals surface area contributed by atoms with Crippen LogP contribution in [0, 0.1) is 6.92 Å². The molecule has 0 unspecified atom stereocenters. The lowest BCUT2D eigenvalue weighted by Crippen LogP contribution is -2.31. The van der Waals surface area contributed by atoms with E-state index in [4.69, 9.17) is 17.3 Å². The quantitative estimate of drug-likeness (QED) is 0.942. The van der Waals surface area contributed by atoms with Gasteiger partial charge in [0.25, 0.3) is 5.91 Å². The Labute approximate surface area is 128 Å². The van der Waals surface area contributed by atoms with Crippen LogP contribution in [-0.4, -0.2) is 27.3 Å². The summed E-state index contributed by atoms with van der Waals surface area (Å²) >= 11 is 6.04. The number of nitrogen functional groups attached to an aromatic ring is 1. The number of amides is 1. The Hall–Kier alpha value is -2.14. The van der Waals surface area contributed by atoms with Crippen LogP contribution in [0.2, 0.25) is 5.02 Å².